The molecule has 0 atom stereocenters. The quantitative estimate of drug-likeness (QED) is 0.757. The normalized spacial score (nSPS) is 18.6. The zero-order valence-electron chi connectivity index (χ0n) is 7.77. The molecular formula is C8H13N3OS2. The Kier molecular flexibility index (Phi) is 3.25. The van der Waals surface area contributed by atoms with E-state index in [9.17, 15) is 0 Å². The van der Waals surface area contributed by atoms with Crippen LogP contribution in [0.5, 0.6) is 0 Å². The standard InChI is InChI=1S/C8H13N3OS2/c12-5-7-9-10-8(13)11(7)6-1-3-14-4-2-6/h6,12H,1-5H2,(H,10,13). The molecule has 0 spiro atoms. The number of thioether (sulfide) groups is 1. The van der Waals surface area contributed by atoms with Crippen molar-refractivity contribution in [3.63, 3.8) is 0 Å². The molecule has 1 aliphatic rings. The van der Waals surface area contributed by atoms with E-state index in [1.165, 1.54) is 11.5 Å². The molecule has 6 heteroatoms. The first-order chi connectivity index (χ1) is 6.83. The number of hydrogen-bond acceptors (Lipinski definition) is 4. The second-order valence-corrected chi connectivity index (χ2v) is 4.93. The summed E-state index contributed by atoms with van der Waals surface area (Å²) in [6.07, 6.45) is 2.23. The van der Waals surface area contributed by atoms with Gasteiger partial charge < -0.3 is 5.11 Å². The van der Waals surface area contributed by atoms with Gasteiger partial charge in [0, 0.05) is 6.04 Å². The van der Waals surface area contributed by atoms with Crippen LogP contribution in [0.1, 0.15) is 24.7 Å². The molecule has 1 saturated heterocycles. The maximum Gasteiger partial charge on any atom is 0.195 e. The summed E-state index contributed by atoms with van der Waals surface area (Å²) >= 11 is 7.12. The van der Waals surface area contributed by atoms with Gasteiger partial charge >= 0.3 is 0 Å². The molecule has 0 amide bonds. The van der Waals surface area contributed by atoms with E-state index >= 15 is 0 Å². The third kappa shape index (κ3) is 1.87. The van der Waals surface area contributed by atoms with Crippen molar-refractivity contribution >= 4 is 24.0 Å². The first kappa shape index (κ1) is 10.2. The number of aliphatic hydroxyl groups is 1. The van der Waals surface area contributed by atoms with Gasteiger partial charge in [0.05, 0.1) is 0 Å². The summed E-state index contributed by atoms with van der Waals surface area (Å²) in [7, 11) is 0. The molecule has 0 aliphatic carbocycles. The van der Waals surface area contributed by atoms with Crippen molar-refractivity contribution in [2.45, 2.75) is 25.5 Å². The molecule has 4 nitrogen and oxygen atoms in total. The van der Waals surface area contributed by atoms with Gasteiger partial charge in [-0.1, -0.05) is 0 Å². The average molecular weight is 231 g/mol. The molecule has 0 aromatic carbocycles. The van der Waals surface area contributed by atoms with Crippen LogP contribution < -0.4 is 0 Å². The van der Waals surface area contributed by atoms with Crippen molar-refractivity contribution in [1.82, 2.24) is 14.8 Å². The topological polar surface area (TPSA) is 53.8 Å². The number of nitrogens with one attached hydrogen (secondary N) is 1. The predicted molar refractivity (Wildman–Crippen MR) is 58.9 cm³/mol. The van der Waals surface area contributed by atoms with Crippen LogP contribution in [0.4, 0.5) is 0 Å². The Morgan fingerprint density at radius 3 is 2.93 bits per heavy atom. The minimum atomic E-state index is -0.0449. The van der Waals surface area contributed by atoms with Crippen molar-refractivity contribution in [2.75, 3.05) is 11.5 Å². The zero-order valence-corrected chi connectivity index (χ0v) is 9.40. The summed E-state index contributed by atoms with van der Waals surface area (Å²) in [4.78, 5) is 0. The summed E-state index contributed by atoms with van der Waals surface area (Å²) in [5, 5.41) is 15.8. The van der Waals surface area contributed by atoms with Crippen molar-refractivity contribution in [3.05, 3.63) is 10.6 Å². The van der Waals surface area contributed by atoms with E-state index in [0.717, 1.165) is 12.8 Å². The molecule has 0 unspecified atom stereocenters. The van der Waals surface area contributed by atoms with Gasteiger partial charge in [-0.25, -0.2) is 0 Å². The molecule has 1 aromatic rings. The molecule has 0 saturated carbocycles. The van der Waals surface area contributed by atoms with Crippen molar-refractivity contribution in [3.8, 4) is 0 Å². The van der Waals surface area contributed by atoms with Crippen LogP contribution in [0.15, 0.2) is 0 Å². The monoisotopic (exact) mass is 231 g/mol. The molecule has 14 heavy (non-hydrogen) atoms. The highest BCUT2D eigenvalue weighted by molar-refractivity contribution is 7.99. The van der Waals surface area contributed by atoms with Gasteiger partial charge in [-0.15, -0.1) is 0 Å². The Morgan fingerprint density at radius 1 is 1.57 bits per heavy atom. The first-order valence-electron chi connectivity index (χ1n) is 4.67. The van der Waals surface area contributed by atoms with Crippen LogP contribution >= 0.6 is 24.0 Å². The second-order valence-electron chi connectivity index (χ2n) is 3.32. The lowest BCUT2D eigenvalue weighted by molar-refractivity contribution is 0.258. The highest BCUT2D eigenvalue weighted by atomic mass is 32.2. The average Bonchev–Trinajstić information content (AvgIpc) is 2.61. The van der Waals surface area contributed by atoms with Crippen molar-refractivity contribution in [1.29, 1.82) is 0 Å². The van der Waals surface area contributed by atoms with Gasteiger partial charge in [-0.05, 0) is 36.6 Å². The minimum Gasteiger partial charge on any atom is -0.388 e. The third-order valence-corrected chi connectivity index (χ3v) is 3.81. The van der Waals surface area contributed by atoms with Crippen LogP contribution in [-0.2, 0) is 6.61 Å². The summed E-state index contributed by atoms with van der Waals surface area (Å²) in [5.41, 5.74) is 0. The first-order valence-corrected chi connectivity index (χ1v) is 6.23. The van der Waals surface area contributed by atoms with E-state index in [4.69, 9.17) is 17.3 Å². The van der Waals surface area contributed by atoms with Crippen LogP contribution in [-0.4, -0.2) is 31.4 Å². The number of aliphatic hydroxyl groups excluding tert-OH is 1. The largest absolute Gasteiger partial charge is 0.388 e. The van der Waals surface area contributed by atoms with Crippen LogP contribution in [0.2, 0.25) is 0 Å². The Balaban J connectivity index is 2.28. The van der Waals surface area contributed by atoms with E-state index in [0.29, 0.717) is 16.6 Å². The fraction of sp³-hybridized carbons (Fsp3) is 0.750. The van der Waals surface area contributed by atoms with Crippen molar-refractivity contribution in [2.24, 2.45) is 0 Å². The van der Waals surface area contributed by atoms with E-state index in [2.05, 4.69) is 10.2 Å². The number of rotatable bonds is 2. The Morgan fingerprint density at radius 2 is 2.29 bits per heavy atom. The Hall–Kier alpha value is -0.330. The molecule has 1 aromatic heterocycles. The molecule has 0 radical (unpaired) electrons. The summed E-state index contributed by atoms with van der Waals surface area (Å²) in [5.74, 6) is 3.00. The number of hydrogen-bond donors (Lipinski definition) is 2. The fourth-order valence-electron chi connectivity index (χ4n) is 1.77. The van der Waals surface area contributed by atoms with Gasteiger partial charge in [-0.2, -0.15) is 16.9 Å². The second kappa shape index (κ2) is 4.46. The molecule has 1 fully saturated rings. The van der Waals surface area contributed by atoms with Gasteiger partial charge in [0.25, 0.3) is 0 Å². The molecule has 78 valence electrons. The smallest absolute Gasteiger partial charge is 0.195 e. The molecular weight excluding hydrogens is 218 g/mol. The Bertz CT molecular complexity index is 354. The lowest BCUT2D eigenvalue weighted by Crippen LogP contribution is -2.17. The SMILES string of the molecule is OCc1n[nH]c(=S)n1C1CCSCC1. The molecule has 2 heterocycles. The Labute approximate surface area is 91.7 Å². The predicted octanol–water partition coefficient (Wildman–Crippen LogP) is 1.50. The van der Waals surface area contributed by atoms with Crippen LogP contribution in [0.3, 0.4) is 0 Å². The number of aromatic amines is 1. The number of aromatic nitrogens is 3. The summed E-state index contributed by atoms with van der Waals surface area (Å²) in [6.45, 7) is -0.0449. The molecule has 2 rings (SSSR count). The maximum atomic E-state index is 9.11. The van der Waals surface area contributed by atoms with E-state index in [1.807, 2.05) is 16.3 Å². The fourth-order valence-corrected chi connectivity index (χ4v) is 3.15. The van der Waals surface area contributed by atoms with Gasteiger partial charge in [0.2, 0.25) is 0 Å². The molecule has 0 bridgehead atoms. The van der Waals surface area contributed by atoms with Gasteiger partial charge in [-0.3, -0.25) is 9.67 Å². The summed E-state index contributed by atoms with van der Waals surface area (Å²) in [6, 6.07) is 0.421. The molecule has 2 N–H and O–H groups in total. The molecule has 1 aliphatic heterocycles. The number of nitrogens with zero attached hydrogens (tertiary/aromatic N) is 2. The highest BCUT2D eigenvalue weighted by Gasteiger charge is 2.19. The zero-order chi connectivity index (χ0) is 9.97. The lowest BCUT2D eigenvalue weighted by Gasteiger charge is -2.23. The van der Waals surface area contributed by atoms with E-state index < -0.39 is 0 Å². The van der Waals surface area contributed by atoms with Gasteiger partial charge in [0.15, 0.2) is 10.6 Å². The van der Waals surface area contributed by atoms with E-state index in [1.54, 1.807) is 0 Å². The summed E-state index contributed by atoms with van der Waals surface area (Å²) < 4.78 is 2.60. The third-order valence-electron chi connectivity index (χ3n) is 2.47. The maximum absolute atomic E-state index is 9.11. The lowest BCUT2D eigenvalue weighted by atomic mass is 10.1. The van der Waals surface area contributed by atoms with Gasteiger partial charge in [0.1, 0.15) is 6.61 Å². The minimum absolute atomic E-state index is 0.0449. The van der Waals surface area contributed by atoms with Crippen LogP contribution in [0, 0.1) is 4.77 Å². The highest BCUT2D eigenvalue weighted by Crippen LogP contribution is 2.27. The van der Waals surface area contributed by atoms with Crippen LogP contribution in [0.25, 0.3) is 0 Å². The number of H-pyrrole nitrogens is 1. The van der Waals surface area contributed by atoms with Crippen molar-refractivity contribution < 1.29 is 5.11 Å². The van der Waals surface area contributed by atoms with E-state index in [-0.39, 0.29) is 6.61 Å².